The van der Waals surface area contributed by atoms with Gasteiger partial charge in [0.15, 0.2) is 0 Å². The summed E-state index contributed by atoms with van der Waals surface area (Å²) in [4.78, 5) is 14.1. The Bertz CT molecular complexity index is 509. The second-order valence-corrected chi connectivity index (χ2v) is 6.19. The van der Waals surface area contributed by atoms with E-state index in [4.69, 9.17) is 9.84 Å². The van der Waals surface area contributed by atoms with Crippen molar-refractivity contribution in [2.45, 2.75) is 39.7 Å². The van der Waals surface area contributed by atoms with Gasteiger partial charge in [0.2, 0.25) is 0 Å². The Hall–Kier alpha value is -1.75. The van der Waals surface area contributed by atoms with E-state index in [-0.39, 0.29) is 18.7 Å². The molecule has 5 nitrogen and oxygen atoms in total. The second kappa shape index (κ2) is 7.49. The van der Waals surface area contributed by atoms with Crippen molar-refractivity contribution in [3.63, 3.8) is 0 Å². The van der Waals surface area contributed by atoms with E-state index >= 15 is 0 Å². The molecule has 0 aromatic heterocycles. The van der Waals surface area contributed by atoms with E-state index in [9.17, 15) is 4.79 Å². The highest BCUT2D eigenvalue weighted by Crippen LogP contribution is 2.24. The number of carbonyl (C=O) groups excluding carboxylic acids is 1. The third-order valence-electron chi connectivity index (χ3n) is 3.95. The van der Waals surface area contributed by atoms with E-state index in [1.165, 1.54) is 0 Å². The van der Waals surface area contributed by atoms with Crippen LogP contribution in [0.3, 0.4) is 0 Å². The van der Waals surface area contributed by atoms with Crippen LogP contribution in [0, 0.1) is 12.8 Å². The number of benzene rings is 1. The lowest BCUT2D eigenvalue weighted by molar-refractivity contribution is 0.143. The van der Waals surface area contributed by atoms with Crippen LogP contribution in [-0.2, 0) is 0 Å². The molecule has 2 amide bonds. The van der Waals surface area contributed by atoms with E-state index in [1.54, 1.807) is 4.90 Å². The number of nitrogens with zero attached hydrogens (tertiary/aromatic N) is 1. The molecule has 1 aliphatic heterocycles. The molecule has 1 saturated heterocycles. The first-order valence-electron chi connectivity index (χ1n) is 7.93. The SMILES string of the molecule is Cc1cc(NC(=O)N2CCC(CO)CC2)ccc1OC(C)C. The fraction of sp³-hybridized carbons (Fsp3) is 0.588. The van der Waals surface area contributed by atoms with Gasteiger partial charge in [0.25, 0.3) is 0 Å². The zero-order valence-corrected chi connectivity index (χ0v) is 13.6. The lowest BCUT2D eigenvalue weighted by atomic mass is 9.98. The molecule has 1 fully saturated rings. The summed E-state index contributed by atoms with van der Waals surface area (Å²) in [5.41, 5.74) is 1.79. The zero-order valence-electron chi connectivity index (χ0n) is 13.6. The molecule has 0 unspecified atom stereocenters. The third kappa shape index (κ3) is 4.37. The number of aliphatic hydroxyl groups excluding tert-OH is 1. The monoisotopic (exact) mass is 306 g/mol. The van der Waals surface area contributed by atoms with Crippen LogP contribution in [0.15, 0.2) is 18.2 Å². The lowest BCUT2D eigenvalue weighted by Crippen LogP contribution is -2.41. The Balaban J connectivity index is 1.93. The predicted molar refractivity (Wildman–Crippen MR) is 87.3 cm³/mol. The first-order chi connectivity index (χ1) is 10.5. The molecule has 1 aromatic rings. The average molecular weight is 306 g/mol. The molecular formula is C17H26N2O3. The largest absolute Gasteiger partial charge is 0.491 e. The lowest BCUT2D eigenvalue weighted by Gasteiger charge is -2.31. The minimum absolute atomic E-state index is 0.0756. The van der Waals surface area contributed by atoms with Gasteiger partial charge in [-0.25, -0.2) is 4.79 Å². The van der Waals surface area contributed by atoms with Gasteiger partial charge in [-0.15, -0.1) is 0 Å². The van der Waals surface area contributed by atoms with Gasteiger partial charge in [0.1, 0.15) is 5.75 Å². The highest BCUT2D eigenvalue weighted by Gasteiger charge is 2.22. The Morgan fingerprint density at radius 2 is 2.09 bits per heavy atom. The van der Waals surface area contributed by atoms with E-state index in [1.807, 2.05) is 39.0 Å². The number of urea groups is 1. The number of piperidine rings is 1. The Kier molecular flexibility index (Phi) is 5.66. The van der Waals surface area contributed by atoms with Gasteiger partial charge >= 0.3 is 6.03 Å². The zero-order chi connectivity index (χ0) is 16.1. The number of aryl methyl sites for hydroxylation is 1. The number of amides is 2. The van der Waals surface area contributed by atoms with Gasteiger partial charge in [-0.05, 0) is 63.3 Å². The molecule has 0 radical (unpaired) electrons. The van der Waals surface area contributed by atoms with Crippen LogP contribution < -0.4 is 10.1 Å². The summed E-state index contributed by atoms with van der Waals surface area (Å²) in [6, 6.07) is 5.61. The molecule has 0 saturated carbocycles. The van der Waals surface area contributed by atoms with Gasteiger partial charge in [-0.3, -0.25) is 0 Å². The highest BCUT2D eigenvalue weighted by atomic mass is 16.5. The number of likely N-dealkylation sites (tertiary alicyclic amines) is 1. The molecule has 2 rings (SSSR count). The molecular weight excluding hydrogens is 280 g/mol. The van der Waals surface area contributed by atoms with Crippen molar-refractivity contribution in [3.8, 4) is 5.75 Å². The predicted octanol–water partition coefficient (Wildman–Crippen LogP) is 3.02. The summed E-state index contributed by atoms with van der Waals surface area (Å²) < 4.78 is 5.70. The van der Waals surface area contributed by atoms with Crippen LogP contribution in [0.5, 0.6) is 5.75 Å². The molecule has 1 aromatic carbocycles. The summed E-state index contributed by atoms with van der Waals surface area (Å²) in [6.45, 7) is 7.57. The molecule has 0 bridgehead atoms. The minimum atomic E-state index is -0.0756. The molecule has 0 spiro atoms. The molecule has 1 heterocycles. The van der Waals surface area contributed by atoms with Gasteiger partial charge in [0.05, 0.1) is 6.10 Å². The van der Waals surface area contributed by atoms with E-state index < -0.39 is 0 Å². The number of hydrogen-bond acceptors (Lipinski definition) is 3. The smallest absolute Gasteiger partial charge is 0.321 e. The van der Waals surface area contributed by atoms with Crippen LogP contribution in [0.1, 0.15) is 32.3 Å². The van der Waals surface area contributed by atoms with Crippen molar-refractivity contribution in [2.24, 2.45) is 5.92 Å². The molecule has 0 aliphatic carbocycles. The van der Waals surface area contributed by atoms with Crippen LogP contribution in [0.2, 0.25) is 0 Å². The van der Waals surface area contributed by atoms with Gasteiger partial charge in [-0.1, -0.05) is 0 Å². The topological polar surface area (TPSA) is 61.8 Å². The maximum atomic E-state index is 12.3. The summed E-state index contributed by atoms with van der Waals surface area (Å²) in [5, 5.41) is 12.1. The quantitative estimate of drug-likeness (QED) is 0.899. The second-order valence-electron chi connectivity index (χ2n) is 6.19. The van der Waals surface area contributed by atoms with Crippen molar-refractivity contribution >= 4 is 11.7 Å². The molecule has 22 heavy (non-hydrogen) atoms. The summed E-state index contributed by atoms with van der Waals surface area (Å²) in [7, 11) is 0. The van der Waals surface area contributed by atoms with Crippen LogP contribution in [-0.4, -0.2) is 41.8 Å². The number of hydrogen-bond donors (Lipinski definition) is 2. The number of rotatable bonds is 4. The van der Waals surface area contributed by atoms with Crippen molar-refractivity contribution in [1.29, 1.82) is 0 Å². The summed E-state index contributed by atoms with van der Waals surface area (Å²) in [5.74, 6) is 1.18. The third-order valence-corrected chi connectivity index (χ3v) is 3.95. The number of nitrogens with one attached hydrogen (secondary N) is 1. The first-order valence-corrected chi connectivity index (χ1v) is 7.93. The fourth-order valence-electron chi connectivity index (χ4n) is 2.63. The first kappa shape index (κ1) is 16.6. The van der Waals surface area contributed by atoms with Crippen LogP contribution in [0.25, 0.3) is 0 Å². The molecule has 1 aliphatic rings. The Labute approximate surface area is 132 Å². The van der Waals surface area contributed by atoms with Crippen LogP contribution in [0.4, 0.5) is 10.5 Å². The van der Waals surface area contributed by atoms with E-state index in [0.717, 1.165) is 29.8 Å². The molecule has 2 N–H and O–H groups in total. The summed E-state index contributed by atoms with van der Waals surface area (Å²) in [6.07, 6.45) is 1.86. The Morgan fingerprint density at radius 3 is 2.64 bits per heavy atom. The molecule has 0 atom stereocenters. The van der Waals surface area contributed by atoms with Gasteiger partial charge in [-0.2, -0.15) is 0 Å². The van der Waals surface area contributed by atoms with Crippen LogP contribution >= 0.6 is 0 Å². The molecule has 122 valence electrons. The maximum absolute atomic E-state index is 12.3. The Morgan fingerprint density at radius 1 is 1.41 bits per heavy atom. The standard InChI is InChI=1S/C17H26N2O3/c1-12(2)22-16-5-4-15(10-13(16)3)18-17(21)19-8-6-14(11-20)7-9-19/h4-5,10,12,14,20H,6-9,11H2,1-3H3,(H,18,21). The number of aliphatic hydroxyl groups is 1. The van der Waals surface area contributed by atoms with Crippen molar-refractivity contribution in [3.05, 3.63) is 23.8 Å². The minimum Gasteiger partial charge on any atom is -0.491 e. The van der Waals surface area contributed by atoms with E-state index in [2.05, 4.69) is 5.32 Å². The number of carbonyl (C=O) groups is 1. The van der Waals surface area contributed by atoms with Gasteiger partial charge in [0, 0.05) is 25.4 Å². The fourth-order valence-corrected chi connectivity index (χ4v) is 2.63. The number of ether oxygens (including phenoxy) is 1. The maximum Gasteiger partial charge on any atom is 0.321 e. The van der Waals surface area contributed by atoms with Crippen molar-refractivity contribution < 1.29 is 14.6 Å². The van der Waals surface area contributed by atoms with Crippen molar-refractivity contribution in [2.75, 3.05) is 25.0 Å². The molecule has 5 heteroatoms. The normalized spacial score (nSPS) is 16.0. The highest BCUT2D eigenvalue weighted by molar-refractivity contribution is 5.89. The van der Waals surface area contributed by atoms with Gasteiger partial charge < -0.3 is 20.1 Å². The van der Waals surface area contributed by atoms with Crippen molar-refractivity contribution in [1.82, 2.24) is 4.90 Å². The summed E-state index contributed by atoms with van der Waals surface area (Å²) >= 11 is 0. The number of anilines is 1. The average Bonchev–Trinajstić information content (AvgIpc) is 2.49. The van der Waals surface area contributed by atoms with E-state index in [0.29, 0.717) is 19.0 Å².